The van der Waals surface area contributed by atoms with Crippen molar-refractivity contribution in [2.24, 2.45) is 0 Å². The minimum atomic E-state index is -4.32. The summed E-state index contributed by atoms with van der Waals surface area (Å²) in [5.74, 6) is -1.00. The van der Waals surface area contributed by atoms with Crippen LogP contribution in [0.25, 0.3) is 6.08 Å². The lowest BCUT2D eigenvalue weighted by Gasteiger charge is -2.15. The van der Waals surface area contributed by atoms with Gasteiger partial charge in [0.25, 0.3) is 11.1 Å². The minimum absolute atomic E-state index is 0.0258. The van der Waals surface area contributed by atoms with Crippen molar-refractivity contribution in [1.82, 2.24) is 4.90 Å². The molecule has 3 aromatic carbocycles. The normalized spacial score (nSPS) is 14.5. The summed E-state index contributed by atoms with van der Waals surface area (Å²) < 4.78 is 36.9. The fraction of sp³-hybridized carbons (Fsp3) is 0.148. The summed E-state index contributed by atoms with van der Waals surface area (Å²) in [4.78, 5) is 37.9. The molecule has 4 rings (SSSR count). The zero-order chi connectivity index (χ0) is 29.0. The molecule has 3 amide bonds. The molecule has 208 valence electrons. The van der Waals surface area contributed by atoms with E-state index in [0.29, 0.717) is 21.8 Å². The molecule has 3 aromatic rings. The van der Waals surface area contributed by atoms with E-state index in [4.69, 9.17) is 32.1 Å². The van der Waals surface area contributed by atoms with E-state index in [-0.39, 0.29) is 45.4 Å². The van der Waals surface area contributed by atoms with E-state index in [2.05, 4.69) is 5.32 Å². The summed E-state index contributed by atoms with van der Waals surface area (Å²) in [6.45, 7) is 3.25. The molecule has 40 heavy (non-hydrogen) atoms. The molecule has 1 heterocycles. The van der Waals surface area contributed by atoms with Crippen LogP contribution in [0.2, 0.25) is 10.0 Å². The Morgan fingerprint density at radius 2 is 1.80 bits per heavy atom. The zero-order valence-electron chi connectivity index (χ0n) is 21.1. The molecule has 0 radical (unpaired) electrons. The smallest absolute Gasteiger partial charge is 0.339 e. The Hall–Kier alpha value is -3.51. The van der Waals surface area contributed by atoms with Gasteiger partial charge in [-0.15, -0.1) is 0 Å². The molecular formula is C27H22Cl2N2O7S2. The maximum Gasteiger partial charge on any atom is 0.339 e. The molecule has 1 aliphatic heterocycles. The fourth-order valence-electron chi connectivity index (χ4n) is 3.69. The van der Waals surface area contributed by atoms with Crippen LogP contribution in [0, 0.1) is 0 Å². The van der Waals surface area contributed by atoms with Crippen molar-refractivity contribution in [2.75, 3.05) is 11.9 Å². The molecule has 1 saturated heterocycles. The van der Waals surface area contributed by atoms with Crippen LogP contribution >= 0.6 is 35.0 Å². The zero-order valence-corrected chi connectivity index (χ0v) is 24.3. The topological polar surface area (TPSA) is 119 Å². The lowest BCUT2D eigenvalue weighted by atomic mass is 10.1. The number of ether oxygens (including phenoxy) is 1. The van der Waals surface area contributed by atoms with Crippen LogP contribution in [-0.2, 0) is 26.3 Å². The van der Waals surface area contributed by atoms with Crippen LogP contribution in [0.3, 0.4) is 0 Å². The van der Waals surface area contributed by atoms with Gasteiger partial charge in [-0.3, -0.25) is 19.3 Å². The van der Waals surface area contributed by atoms with Gasteiger partial charge in [0.1, 0.15) is 4.90 Å². The van der Waals surface area contributed by atoms with Crippen LogP contribution in [-0.4, -0.2) is 37.0 Å². The molecule has 0 spiro atoms. The third-order valence-corrected chi connectivity index (χ3v) is 8.05. The Kier molecular flexibility index (Phi) is 9.09. The molecule has 0 unspecified atom stereocenters. The summed E-state index contributed by atoms with van der Waals surface area (Å²) in [7, 11) is -4.32. The highest BCUT2D eigenvalue weighted by atomic mass is 35.5. The number of amides is 3. The van der Waals surface area contributed by atoms with Crippen molar-refractivity contribution in [1.29, 1.82) is 0 Å². The predicted molar refractivity (Wildman–Crippen MR) is 154 cm³/mol. The Morgan fingerprint density at radius 3 is 2.45 bits per heavy atom. The molecule has 0 saturated carbocycles. The fourth-order valence-corrected chi connectivity index (χ4v) is 6.00. The standard InChI is InChI=1S/C27H22Cl2N2O7S2/c1-3-37-23-13-18(14-24-26(33)31(27(34)39-24)15-17-5-4-6-19(28)11-17)12-22(29)25(23)38-40(35,36)21-9-7-20(8-10-21)30-16(2)32/h4-14H,3,15H2,1-2H3,(H,30,32)/b24-14-. The Morgan fingerprint density at radius 1 is 1.07 bits per heavy atom. The van der Waals surface area contributed by atoms with Gasteiger partial charge in [0.05, 0.1) is 23.1 Å². The third kappa shape index (κ3) is 6.97. The summed E-state index contributed by atoms with van der Waals surface area (Å²) in [5.41, 5.74) is 1.51. The molecule has 1 N–H and O–H groups in total. The number of nitrogens with one attached hydrogen (secondary N) is 1. The molecule has 0 atom stereocenters. The number of carbonyl (C=O) groups excluding carboxylic acids is 3. The molecule has 13 heteroatoms. The van der Waals surface area contributed by atoms with E-state index in [0.717, 1.165) is 16.7 Å². The van der Waals surface area contributed by atoms with Crippen LogP contribution in [0.15, 0.2) is 70.5 Å². The van der Waals surface area contributed by atoms with Gasteiger partial charge in [0.2, 0.25) is 11.7 Å². The van der Waals surface area contributed by atoms with Crippen molar-refractivity contribution in [3.05, 3.63) is 86.7 Å². The first-order chi connectivity index (χ1) is 19.0. The summed E-state index contributed by atoms with van der Waals surface area (Å²) in [6.07, 6.45) is 1.47. The number of carbonyl (C=O) groups is 3. The largest absolute Gasteiger partial charge is 0.490 e. The predicted octanol–water partition coefficient (Wildman–Crippen LogP) is 6.35. The average Bonchev–Trinajstić information content (AvgIpc) is 3.13. The summed E-state index contributed by atoms with van der Waals surface area (Å²) in [5, 5.41) is 2.51. The first kappa shape index (κ1) is 29.5. The number of halogens is 2. The molecule has 9 nitrogen and oxygen atoms in total. The van der Waals surface area contributed by atoms with E-state index in [1.54, 1.807) is 31.2 Å². The number of benzene rings is 3. The second-order valence-corrected chi connectivity index (χ2v) is 11.8. The highest BCUT2D eigenvalue weighted by Gasteiger charge is 2.35. The van der Waals surface area contributed by atoms with Crippen LogP contribution in [0.1, 0.15) is 25.0 Å². The van der Waals surface area contributed by atoms with Crippen molar-refractivity contribution in [3.63, 3.8) is 0 Å². The Labute approximate surface area is 245 Å². The van der Waals surface area contributed by atoms with Gasteiger partial charge >= 0.3 is 10.1 Å². The van der Waals surface area contributed by atoms with Crippen LogP contribution in [0.5, 0.6) is 11.5 Å². The lowest BCUT2D eigenvalue weighted by molar-refractivity contribution is -0.123. The molecule has 1 aliphatic rings. The third-order valence-electron chi connectivity index (χ3n) is 5.39. The maximum absolute atomic E-state index is 13.0. The van der Waals surface area contributed by atoms with Crippen LogP contribution < -0.4 is 14.2 Å². The highest BCUT2D eigenvalue weighted by Crippen LogP contribution is 2.41. The van der Waals surface area contributed by atoms with Gasteiger partial charge < -0.3 is 14.2 Å². The Balaban J connectivity index is 1.59. The second-order valence-electron chi connectivity index (χ2n) is 8.40. The summed E-state index contributed by atoms with van der Waals surface area (Å²) in [6, 6.07) is 15.1. The number of anilines is 1. The van der Waals surface area contributed by atoms with E-state index >= 15 is 0 Å². The van der Waals surface area contributed by atoms with Crippen molar-refractivity contribution in [2.45, 2.75) is 25.3 Å². The van der Waals surface area contributed by atoms with Gasteiger partial charge in [-0.2, -0.15) is 8.42 Å². The van der Waals surface area contributed by atoms with Crippen LogP contribution in [0.4, 0.5) is 10.5 Å². The van der Waals surface area contributed by atoms with Crippen molar-refractivity contribution < 1.29 is 31.7 Å². The first-order valence-electron chi connectivity index (χ1n) is 11.7. The van der Waals surface area contributed by atoms with E-state index in [1.807, 2.05) is 0 Å². The number of nitrogens with zero attached hydrogens (tertiary/aromatic N) is 1. The molecular weight excluding hydrogens is 599 g/mol. The van der Waals surface area contributed by atoms with Gasteiger partial charge in [-0.05, 0) is 84.4 Å². The second kappa shape index (κ2) is 12.3. The van der Waals surface area contributed by atoms with E-state index in [9.17, 15) is 22.8 Å². The lowest BCUT2D eigenvalue weighted by Crippen LogP contribution is -2.27. The first-order valence-corrected chi connectivity index (χ1v) is 14.7. The molecule has 1 fully saturated rings. The van der Waals surface area contributed by atoms with Gasteiger partial charge in [-0.25, -0.2) is 0 Å². The molecule has 0 bridgehead atoms. The average molecular weight is 622 g/mol. The SMILES string of the molecule is CCOc1cc(/C=C2\SC(=O)N(Cc3cccc(Cl)c3)C2=O)cc(Cl)c1OS(=O)(=O)c1ccc(NC(C)=O)cc1. The quantitative estimate of drug-likeness (QED) is 0.217. The maximum atomic E-state index is 13.0. The van der Waals surface area contributed by atoms with Gasteiger partial charge in [-0.1, -0.05) is 35.3 Å². The number of rotatable bonds is 9. The Bertz CT molecular complexity index is 1620. The summed E-state index contributed by atoms with van der Waals surface area (Å²) >= 11 is 13.2. The van der Waals surface area contributed by atoms with Crippen molar-refractivity contribution in [3.8, 4) is 11.5 Å². The highest BCUT2D eigenvalue weighted by molar-refractivity contribution is 8.18. The van der Waals surface area contributed by atoms with Gasteiger partial charge in [0, 0.05) is 17.6 Å². The monoisotopic (exact) mass is 620 g/mol. The van der Waals surface area contributed by atoms with E-state index in [1.165, 1.54) is 49.4 Å². The molecule has 0 aromatic heterocycles. The number of imide groups is 1. The van der Waals surface area contributed by atoms with Gasteiger partial charge in [0.15, 0.2) is 5.75 Å². The number of thioether (sulfide) groups is 1. The minimum Gasteiger partial charge on any atom is -0.490 e. The number of hydrogen-bond acceptors (Lipinski definition) is 8. The van der Waals surface area contributed by atoms with E-state index < -0.39 is 21.3 Å². The number of hydrogen-bond donors (Lipinski definition) is 1. The molecule has 0 aliphatic carbocycles. The van der Waals surface area contributed by atoms with Crippen molar-refractivity contribution >= 4 is 73.9 Å².